The van der Waals surface area contributed by atoms with Crippen LogP contribution in [0.2, 0.25) is 0 Å². The Morgan fingerprint density at radius 1 is 1.10 bits per heavy atom. The standard InChI is InChI=1S/C15H19N3O2/c19-14(17-12-7-8-12)10-3-5-11(6-4-10)18-15(20)13-2-1-9-16-13/h3-6,12-13,16H,1-2,7-9H2,(H,17,19)(H,18,20)/t13-/m0/s1. The number of hydrogen-bond donors (Lipinski definition) is 3. The summed E-state index contributed by atoms with van der Waals surface area (Å²) in [6.07, 6.45) is 4.08. The summed E-state index contributed by atoms with van der Waals surface area (Å²) in [5.74, 6) is -0.0412. The van der Waals surface area contributed by atoms with Gasteiger partial charge in [-0.15, -0.1) is 0 Å². The molecule has 1 atom stereocenters. The van der Waals surface area contributed by atoms with Gasteiger partial charge in [-0.05, 0) is 56.5 Å². The van der Waals surface area contributed by atoms with Crippen LogP contribution in [-0.4, -0.2) is 30.4 Å². The van der Waals surface area contributed by atoms with Crippen molar-refractivity contribution in [1.29, 1.82) is 0 Å². The summed E-state index contributed by atoms with van der Waals surface area (Å²) < 4.78 is 0. The van der Waals surface area contributed by atoms with E-state index < -0.39 is 0 Å². The average Bonchev–Trinajstić information content (AvgIpc) is 3.08. The molecule has 0 unspecified atom stereocenters. The average molecular weight is 273 g/mol. The van der Waals surface area contributed by atoms with E-state index in [1.807, 2.05) is 0 Å². The molecule has 3 rings (SSSR count). The highest BCUT2D eigenvalue weighted by Gasteiger charge is 2.24. The van der Waals surface area contributed by atoms with E-state index in [0.717, 1.165) is 37.9 Å². The van der Waals surface area contributed by atoms with E-state index in [-0.39, 0.29) is 17.9 Å². The van der Waals surface area contributed by atoms with Gasteiger partial charge in [-0.25, -0.2) is 0 Å². The third-order valence-electron chi connectivity index (χ3n) is 3.70. The predicted octanol–water partition coefficient (Wildman–Crippen LogP) is 1.27. The Bertz CT molecular complexity index is 502. The molecular weight excluding hydrogens is 254 g/mol. The Hall–Kier alpha value is -1.88. The number of amides is 2. The second-order valence-corrected chi connectivity index (χ2v) is 5.46. The lowest BCUT2D eigenvalue weighted by Gasteiger charge is -2.11. The summed E-state index contributed by atoms with van der Waals surface area (Å²) in [4.78, 5) is 23.8. The fourth-order valence-corrected chi connectivity index (χ4v) is 2.34. The Morgan fingerprint density at radius 2 is 1.85 bits per heavy atom. The van der Waals surface area contributed by atoms with Gasteiger partial charge in [-0.2, -0.15) is 0 Å². The number of anilines is 1. The van der Waals surface area contributed by atoms with Crippen molar-refractivity contribution in [3.05, 3.63) is 29.8 Å². The summed E-state index contributed by atoms with van der Waals surface area (Å²) in [7, 11) is 0. The fourth-order valence-electron chi connectivity index (χ4n) is 2.34. The molecule has 106 valence electrons. The highest BCUT2D eigenvalue weighted by Crippen LogP contribution is 2.19. The normalized spacial score (nSPS) is 21.5. The van der Waals surface area contributed by atoms with Crippen molar-refractivity contribution in [2.75, 3.05) is 11.9 Å². The first-order valence-corrected chi connectivity index (χ1v) is 7.17. The number of carbonyl (C=O) groups excluding carboxylic acids is 2. The number of rotatable bonds is 4. The molecular formula is C15H19N3O2. The van der Waals surface area contributed by atoms with Crippen LogP contribution in [0.15, 0.2) is 24.3 Å². The van der Waals surface area contributed by atoms with Crippen LogP contribution in [0.3, 0.4) is 0 Å². The maximum Gasteiger partial charge on any atom is 0.251 e. The van der Waals surface area contributed by atoms with Gasteiger partial charge in [0.1, 0.15) is 0 Å². The Labute approximate surface area is 118 Å². The highest BCUT2D eigenvalue weighted by atomic mass is 16.2. The van der Waals surface area contributed by atoms with Gasteiger partial charge >= 0.3 is 0 Å². The van der Waals surface area contributed by atoms with Gasteiger partial charge < -0.3 is 16.0 Å². The molecule has 0 radical (unpaired) electrons. The SMILES string of the molecule is O=C(NC1CC1)c1ccc(NC(=O)[C@@H]2CCCN2)cc1. The van der Waals surface area contributed by atoms with Crippen LogP contribution in [0.5, 0.6) is 0 Å². The molecule has 1 aliphatic carbocycles. The van der Waals surface area contributed by atoms with Crippen LogP contribution in [0.25, 0.3) is 0 Å². The van der Waals surface area contributed by atoms with Crippen LogP contribution >= 0.6 is 0 Å². The Morgan fingerprint density at radius 3 is 2.45 bits per heavy atom. The Balaban J connectivity index is 1.57. The molecule has 1 aliphatic heterocycles. The molecule has 5 nitrogen and oxygen atoms in total. The molecule has 3 N–H and O–H groups in total. The van der Waals surface area contributed by atoms with Gasteiger partial charge in [0.15, 0.2) is 0 Å². The monoisotopic (exact) mass is 273 g/mol. The van der Waals surface area contributed by atoms with Crippen LogP contribution < -0.4 is 16.0 Å². The van der Waals surface area contributed by atoms with Gasteiger partial charge in [0.2, 0.25) is 5.91 Å². The van der Waals surface area contributed by atoms with Crippen molar-refractivity contribution < 1.29 is 9.59 Å². The number of carbonyl (C=O) groups is 2. The van der Waals surface area contributed by atoms with Gasteiger partial charge in [-0.3, -0.25) is 9.59 Å². The smallest absolute Gasteiger partial charge is 0.251 e. The molecule has 0 spiro atoms. The van der Waals surface area contributed by atoms with Crippen molar-refractivity contribution >= 4 is 17.5 Å². The first kappa shape index (κ1) is 13.1. The van der Waals surface area contributed by atoms with Crippen molar-refractivity contribution in [3.8, 4) is 0 Å². The molecule has 2 fully saturated rings. The first-order chi connectivity index (χ1) is 9.72. The summed E-state index contributed by atoms with van der Waals surface area (Å²) >= 11 is 0. The second kappa shape index (κ2) is 5.63. The number of hydrogen-bond acceptors (Lipinski definition) is 3. The summed E-state index contributed by atoms with van der Waals surface area (Å²) in [6, 6.07) is 7.30. The molecule has 2 aliphatic rings. The lowest BCUT2D eigenvalue weighted by Crippen LogP contribution is -2.35. The third-order valence-corrected chi connectivity index (χ3v) is 3.70. The van der Waals surface area contributed by atoms with E-state index in [2.05, 4.69) is 16.0 Å². The van der Waals surface area contributed by atoms with E-state index in [4.69, 9.17) is 0 Å². The van der Waals surface area contributed by atoms with E-state index in [1.54, 1.807) is 24.3 Å². The molecule has 1 saturated carbocycles. The largest absolute Gasteiger partial charge is 0.349 e. The zero-order chi connectivity index (χ0) is 13.9. The number of nitrogens with one attached hydrogen (secondary N) is 3. The molecule has 0 bridgehead atoms. The lowest BCUT2D eigenvalue weighted by atomic mass is 10.1. The highest BCUT2D eigenvalue weighted by molar-refractivity contribution is 5.97. The molecule has 1 heterocycles. The lowest BCUT2D eigenvalue weighted by molar-refractivity contribution is -0.117. The maximum absolute atomic E-state index is 11.9. The van der Waals surface area contributed by atoms with Crippen LogP contribution in [0.1, 0.15) is 36.0 Å². The van der Waals surface area contributed by atoms with Crippen molar-refractivity contribution in [2.24, 2.45) is 0 Å². The Kier molecular flexibility index (Phi) is 3.69. The topological polar surface area (TPSA) is 70.2 Å². The summed E-state index contributed by atoms with van der Waals surface area (Å²) in [6.45, 7) is 0.901. The zero-order valence-corrected chi connectivity index (χ0v) is 11.3. The third kappa shape index (κ3) is 3.17. The number of benzene rings is 1. The molecule has 1 aromatic carbocycles. The van der Waals surface area contributed by atoms with E-state index in [1.165, 1.54) is 0 Å². The quantitative estimate of drug-likeness (QED) is 0.773. The minimum atomic E-state index is -0.0900. The van der Waals surface area contributed by atoms with Crippen molar-refractivity contribution in [2.45, 2.75) is 37.8 Å². The summed E-state index contributed by atoms with van der Waals surface area (Å²) in [5.41, 5.74) is 1.36. The minimum absolute atomic E-state index is 0.00215. The van der Waals surface area contributed by atoms with Gasteiger partial charge in [0.25, 0.3) is 5.91 Å². The molecule has 5 heteroatoms. The van der Waals surface area contributed by atoms with Gasteiger partial charge in [-0.1, -0.05) is 0 Å². The van der Waals surface area contributed by atoms with E-state index >= 15 is 0 Å². The van der Waals surface area contributed by atoms with E-state index in [0.29, 0.717) is 11.6 Å². The molecule has 1 saturated heterocycles. The second-order valence-electron chi connectivity index (χ2n) is 5.46. The predicted molar refractivity (Wildman–Crippen MR) is 76.6 cm³/mol. The molecule has 1 aromatic rings. The molecule has 0 aromatic heterocycles. The van der Waals surface area contributed by atoms with Crippen LogP contribution in [0, 0.1) is 0 Å². The first-order valence-electron chi connectivity index (χ1n) is 7.17. The zero-order valence-electron chi connectivity index (χ0n) is 11.3. The summed E-state index contributed by atoms with van der Waals surface area (Å²) in [5, 5.41) is 8.97. The van der Waals surface area contributed by atoms with Crippen molar-refractivity contribution in [3.63, 3.8) is 0 Å². The van der Waals surface area contributed by atoms with Crippen molar-refractivity contribution in [1.82, 2.24) is 10.6 Å². The van der Waals surface area contributed by atoms with E-state index in [9.17, 15) is 9.59 Å². The fraction of sp³-hybridized carbons (Fsp3) is 0.467. The van der Waals surface area contributed by atoms with Gasteiger partial charge in [0.05, 0.1) is 6.04 Å². The maximum atomic E-state index is 11.9. The minimum Gasteiger partial charge on any atom is -0.349 e. The molecule has 20 heavy (non-hydrogen) atoms. The van der Waals surface area contributed by atoms with Crippen LogP contribution in [0.4, 0.5) is 5.69 Å². The van der Waals surface area contributed by atoms with Crippen LogP contribution in [-0.2, 0) is 4.79 Å². The van der Waals surface area contributed by atoms with Gasteiger partial charge in [0, 0.05) is 17.3 Å². The molecule has 2 amide bonds.